The van der Waals surface area contributed by atoms with Crippen LogP contribution in [0.25, 0.3) is 0 Å². The summed E-state index contributed by atoms with van der Waals surface area (Å²) in [6.07, 6.45) is 6.55. The van der Waals surface area contributed by atoms with E-state index in [0.717, 1.165) is 45.1 Å². The summed E-state index contributed by atoms with van der Waals surface area (Å²) in [6, 6.07) is 0. The second kappa shape index (κ2) is 5.03. The minimum absolute atomic E-state index is 0.0385. The van der Waals surface area contributed by atoms with Crippen molar-refractivity contribution in [3.05, 3.63) is 0 Å². The number of aliphatic hydroxyl groups excluding tert-OH is 1. The van der Waals surface area contributed by atoms with E-state index in [-0.39, 0.29) is 17.8 Å². The quantitative estimate of drug-likeness (QED) is 0.805. The van der Waals surface area contributed by atoms with Crippen LogP contribution in [0.5, 0.6) is 0 Å². The summed E-state index contributed by atoms with van der Waals surface area (Å²) in [5.41, 5.74) is 0.0385. The molecule has 94 valence electrons. The van der Waals surface area contributed by atoms with E-state index in [1.54, 1.807) is 0 Å². The van der Waals surface area contributed by atoms with E-state index in [0.29, 0.717) is 6.10 Å². The molecule has 1 atom stereocenters. The predicted octanol–water partition coefficient (Wildman–Crippen LogP) is 2.26. The molecule has 1 saturated carbocycles. The van der Waals surface area contributed by atoms with Gasteiger partial charge in [0.1, 0.15) is 0 Å². The highest BCUT2D eigenvalue weighted by molar-refractivity contribution is 4.81. The van der Waals surface area contributed by atoms with Gasteiger partial charge in [-0.2, -0.15) is 0 Å². The Morgan fingerprint density at radius 3 is 2.44 bits per heavy atom. The fourth-order valence-corrected chi connectivity index (χ4v) is 2.65. The van der Waals surface area contributed by atoms with Gasteiger partial charge in [0.15, 0.2) is 0 Å². The smallest absolute Gasteiger partial charge is 0.0816 e. The first-order valence-corrected chi connectivity index (χ1v) is 6.53. The van der Waals surface area contributed by atoms with Crippen molar-refractivity contribution in [2.24, 2.45) is 0 Å². The molecular formula is C13H24O3. The van der Waals surface area contributed by atoms with Crippen LogP contribution < -0.4 is 0 Å². The molecule has 0 bridgehead atoms. The van der Waals surface area contributed by atoms with Gasteiger partial charge >= 0.3 is 0 Å². The molecule has 0 aromatic rings. The minimum atomic E-state index is -0.0958. The van der Waals surface area contributed by atoms with Crippen molar-refractivity contribution in [2.45, 2.75) is 76.3 Å². The van der Waals surface area contributed by atoms with Crippen LogP contribution >= 0.6 is 0 Å². The SMILES string of the molecule is CC1(C)CCC(COC2CCC(O)CC2)O1. The van der Waals surface area contributed by atoms with Gasteiger partial charge < -0.3 is 14.6 Å². The highest BCUT2D eigenvalue weighted by Crippen LogP contribution is 2.30. The summed E-state index contributed by atoms with van der Waals surface area (Å²) in [5, 5.41) is 9.40. The van der Waals surface area contributed by atoms with E-state index in [4.69, 9.17) is 9.47 Å². The molecule has 0 amide bonds. The Hall–Kier alpha value is -0.120. The topological polar surface area (TPSA) is 38.7 Å². The number of rotatable bonds is 3. The molecule has 2 rings (SSSR count). The van der Waals surface area contributed by atoms with Crippen molar-refractivity contribution in [1.29, 1.82) is 0 Å². The van der Waals surface area contributed by atoms with Crippen molar-refractivity contribution in [3.8, 4) is 0 Å². The largest absolute Gasteiger partial charge is 0.393 e. The van der Waals surface area contributed by atoms with Crippen LogP contribution in [0.2, 0.25) is 0 Å². The molecule has 1 N–H and O–H groups in total. The number of hydrogen-bond acceptors (Lipinski definition) is 3. The molecule has 0 aromatic carbocycles. The molecule has 1 unspecified atom stereocenters. The molecule has 2 fully saturated rings. The Kier molecular flexibility index (Phi) is 3.88. The molecule has 0 radical (unpaired) electrons. The predicted molar refractivity (Wildman–Crippen MR) is 62.4 cm³/mol. The monoisotopic (exact) mass is 228 g/mol. The Morgan fingerprint density at radius 1 is 1.19 bits per heavy atom. The van der Waals surface area contributed by atoms with Gasteiger partial charge in [0.05, 0.1) is 30.5 Å². The van der Waals surface area contributed by atoms with Crippen LogP contribution in [0.1, 0.15) is 52.4 Å². The van der Waals surface area contributed by atoms with Crippen LogP contribution in [0.4, 0.5) is 0 Å². The molecule has 3 nitrogen and oxygen atoms in total. The summed E-state index contributed by atoms with van der Waals surface area (Å²) >= 11 is 0. The zero-order chi connectivity index (χ0) is 11.6. The third-order valence-corrected chi connectivity index (χ3v) is 3.72. The second-order valence-corrected chi connectivity index (χ2v) is 5.80. The summed E-state index contributed by atoms with van der Waals surface area (Å²) in [4.78, 5) is 0. The van der Waals surface area contributed by atoms with E-state index >= 15 is 0 Å². The summed E-state index contributed by atoms with van der Waals surface area (Å²) < 4.78 is 11.8. The maximum atomic E-state index is 9.40. The van der Waals surface area contributed by atoms with Crippen molar-refractivity contribution in [1.82, 2.24) is 0 Å². The first-order chi connectivity index (χ1) is 7.55. The van der Waals surface area contributed by atoms with E-state index in [1.165, 1.54) is 0 Å². The molecule has 2 aliphatic rings. The maximum absolute atomic E-state index is 9.40. The molecule has 1 heterocycles. The third-order valence-electron chi connectivity index (χ3n) is 3.72. The Labute approximate surface area is 98.1 Å². The summed E-state index contributed by atoms with van der Waals surface area (Å²) in [5.74, 6) is 0. The highest BCUT2D eigenvalue weighted by Gasteiger charge is 2.32. The van der Waals surface area contributed by atoms with Gasteiger partial charge in [-0.15, -0.1) is 0 Å². The van der Waals surface area contributed by atoms with Crippen molar-refractivity contribution < 1.29 is 14.6 Å². The fraction of sp³-hybridized carbons (Fsp3) is 1.00. The van der Waals surface area contributed by atoms with Gasteiger partial charge in [-0.1, -0.05) is 0 Å². The van der Waals surface area contributed by atoms with Crippen molar-refractivity contribution in [2.75, 3.05) is 6.61 Å². The van der Waals surface area contributed by atoms with Gasteiger partial charge in [-0.25, -0.2) is 0 Å². The van der Waals surface area contributed by atoms with Crippen LogP contribution in [-0.4, -0.2) is 35.6 Å². The molecule has 0 aromatic heterocycles. The second-order valence-electron chi connectivity index (χ2n) is 5.80. The van der Waals surface area contributed by atoms with E-state index in [1.807, 2.05) is 0 Å². The van der Waals surface area contributed by atoms with Gasteiger partial charge in [0, 0.05) is 0 Å². The molecule has 3 heteroatoms. The fourth-order valence-electron chi connectivity index (χ4n) is 2.65. The maximum Gasteiger partial charge on any atom is 0.0816 e. The van der Waals surface area contributed by atoms with E-state index in [9.17, 15) is 5.11 Å². The first-order valence-electron chi connectivity index (χ1n) is 6.53. The molecule has 1 saturated heterocycles. The third kappa shape index (κ3) is 3.44. The summed E-state index contributed by atoms with van der Waals surface area (Å²) in [7, 11) is 0. The molecule has 16 heavy (non-hydrogen) atoms. The van der Waals surface area contributed by atoms with Crippen molar-refractivity contribution in [3.63, 3.8) is 0 Å². The lowest BCUT2D eigenvalue weighted by molar-refractivity contribution is -0.0812. The van der Waals surface area contributed by atoms with E-state index in [2.05, 4.69) is 13.8 Å². The average Bonchev–Trinajstić information content (AvgIpc) is 2.58. The molecule has 1 aliphatic heterocycles. The normalized spacial score (nSPS) is 38.8. The van der Waals surface area contributed by atoms with Crippen LogP contribution in [-0.2, 0) is 9.47 Å². The lowest BCUT2D eigenvalue weighted by atomic mass is 9.95. The Bertz CT molecular complexity index is 219. The summed E-state index contributed by atoms with van der Waals surface area (Å²) in [6.45, 7) is 5.01. The average molecular weight is 228 g/mol. The number of aliphatic hydroxyl groups is 1. The van der Waals surface area contributed by atoms with E-state index < -0.39 is 0 Å². The van der Waals surface area contributed by atoms with Gasteiger partial charge in [-0.3, -0.25) is 0 Å². The zero-order valence-electron chi connectivity index (χ0n) is 10.4. The first kappa shape index (κ1) is 12.3. The van der Waals surface area contributed by atoms with Crippen LogP contribution in [0.15, 0.2) is 0 Å². The Balaban J connectivity index is 1.65. The highest BCUT2D eigenvalue weighted by atomic mass is 16.6. The number of hydrogen-bond donors (Lipinski definition) is 1. The zero-order valence-corrected chi connectivity index (χ0v) is 10.4. The number of ether oxygens (including phenoxy) is 2. The lowest BCUT2D eigenvalue weighted by Gasteiger charge is -2.27. The Morgan fingerprint density at radius 2 is 1.88 bits per heavy atom. The van der Waals surface area contributed by atoms with Gasteiger partial charge in [0.25, 0.3) is 0 Å². The van der Waals surface area contributed by atoms with Crippen LogP contribution in [0.3, 0.4) is 0 Å². The standard InChI is InChI=1S/C13H24O3/c1-13(2)8-7-12(16-13)9-15-11-5-3-10(14)4-6-11/h10-12,14H,3-9H2,1-2H3. The molecule has 1 aliphatic carbocycles. The van der Waals surface area contributed by atoms with Crippen LogP contribution in [0, 0.1) is 0 Å². The minimum Gasteiger partial charge on any atom is -0.393 e. The molecular weight excluding hydrogens is 204 g/mol. The van der Waals surface area contributed by atoms with Crippen molar-refractivity contribution >= 4 is 0 Å². The van der Waals surface area contributed by atoms with Gasteiger partial charge in [0.2, 0.25) is 0 Å². The lowest BCUT2D eigenvalue weighted by Crippen LogP contribution is -2.29. The van der Waals surface area contributed by atoms with Gasteiger partial charge in [-0.05, 0) is 52.4 Å². The molecule has 0 spiro atoms.